The van der Waals surface area contributed by atoms with E-state index in [2.05, 4.69) is 17.0 Å². The van der Waals surface area contributed by atoms with Gasteiger partial charge in [0, 0.05) is 31.3 Å². The summed E-state index contributed by atoms with van der Waals surface area (Å²) in [6, 6.07) is 6.90. The van der Waals surface area contributed by atoms with Gasteiger partial charge in [-0.05, 0) is 49.9 Å². The predicted molar refractivity (Wildman–Crippen MR) is 80.6 cm³/mol. The molecule has 1 aromatic carbocycles. The molecule has 0 aliphatic carbocycles. The Labute approximate surface area is 121 Å². The van der Waals surface area contributed by atoms with Gasteiger partial charge in [-0.25, -0.2) is 0 Å². The zero-order valence-electron chi connectivity index (χ0n) is 12.3. The minimum atomic E-state index is 0.296. The number of nitrogens with two attached hydrogens (primary N) is 1. The largest absolute Gasteiger partial charge is 0.496 e. The first-order valence-electron chi connectivity index (χ1n) is 7.49. The number of hydrogen-bond donors (Lipinski definition) is 2. The molecule has 4 heteroatoms. The molecule has 1 heterocycles. The molecular formula is C16H26N2O2. The maximum Gasteiger partial charge on any atom is 0.123 e. The van der Waals surface area contributed by atoms with Crippen molar-refractivity contribution in [2.45, 2.75) is 44.8 Å². The highest BCUT2D eigenvalue weighted by atomic mass is 16.5. The fourth-order valence-corrected chi connectivity index (χ4v) is 3.08. The van der Waals surface area contributed by atoms with Gasteiger partial charge in [-0.1, -0.05) is 6.07 Å². The van der Waals surface area contributed by atoms with Crippen LogP contribution in [0.2, 0.25) is 0 Å². The molecule has 112 valence electrons. The molecular weight excluding hydrogens is 252 g/mol. The zero-order valence-corrected chi connectivity index (χ0v) is 12.3. The lowest BCUT2D eigenvalue weighted by Gasteiger charge is -2.24. The first-order valence-corrected chi connectivity index (χ1v) is 7.49. The molecule has 3 N–H and O–H groups in total. The molecule has 0 saturated carbocycles. The highest BCUT2D eigenvalue weighted by molar-refractivity contribution is 5.37. The van der Waals surface area contributed by atoms with Gasteiger partial charge in [0.25, 0.3) is 0 Å². The van der Waals surface area contributed by atoms with Crippen LogP contribution in [0.3, 0.4) is 0 Å². The van der Waals surface area contributed by atoms with Crippen molar-refractivity contribution in [1.29, 1.82) is 0 Å². The van der Waals surface area contributed by atoms with Crippen LogP contribution in [0.25, 0.3) is 0 Å². The van der Waals surface area contributed by atoms with Gasteiger partial charge in [0.1, 0.15) is 5.75 Å². The van der Waals surface area contributed by atoms with E-state index in [4.69, 9.17) is 15.6 Å². The first-order chi connectivity index (χ1) is 9.78. The smallest absolute Gasteiger partial charge is 0.123 e. The van der Waals surface area contributed by atoms with Crippen LogP contribution in [0.4, 0.5) is 0 Å². The number of hydrogen-bond acceptors (Lipinski definition) is 4. The van der Waals surface area contributed by atoms with Crippen LogP contribution in [-0.2, 0) is 13.1 Å². The van der Waals surface area contributed by atoms with Gasteiger partial charge in [-0.15, -0.1) is 0 Å². The summed E-state index contributed by atoms with van der Waals surface area (Å²) in [5.41, 5.74) is 8.13. The average Bonchev–Trinajstić information content (AvgIpc) is 2.92. The number of aliphatic hydroxyl groups excluding tert-OH is 1. The van der Waals surface area contributed by atoms with Crippen molar-refractivity contribution >= 4 is 0 Å². The molecule has 0 radical (unpaired) electrons. The zero-order chi connectivity index (χ0) is 14.4. The normalized spacial score (nSPS) is 19.4. The Bertz CT molecular complexity index is 423. The van der Waals surface area contributed by atoms with Crippen LogP contribution in [0.5, 0.6) is 5.75 Å². The molecule has 1 atom stereocenters. The molecule has 0 amide bonds. The highest BCUT2D eigenvalue weighted by Gasteiger charge is 2.23. The van der Waals surface area contributed by atoms with Crippen LogP contribution < -0.4 is 10.5 Å². The van der Waals surface area contributed by atoms with E-state index in [9.17, 15) is 0 Å². The molecule has 1 saturated heterocycles. The summed E-state index contributed by atoms with van der Waals surface area (Å²) >= 11 is 0. The Morgan fingerprint density at radius 2 is 2.30 bits per heavy atom. The first kappa shape index (κ1) is 15.3. The fourth-order valence-electron chi connectivity index (χ4n) is 3.08. The van der Waals surface area contributed by atoms with Crippen LogP contribution in [0, 0.1) is 0 Å². The SMILES string of the molecule is COc1ccc(CN2CCCC2CCCO)cc1CN. The number of benzene rings is 1. The van der Waals surface area contributed by atoms with Crippen molar-refractivity contribution in [2.24, 2.45) is 5.73 Å². The second-order valence-corrected chi connectivity index (χ2v) is 5.48. The molecule has 20 heavy (non-hydrogen) atoms. The van der Waals surface area contributed by atoms with E-state index in [0.29, 0.717) is 19.2 Å². The van der Waals surface area contributed by atoms with Gasteiger partial charge in [0.2, 0.25) is 0 Å². The topological polar surface area (TPSA) is 58.7 Å². The average molecular weight is 278 g/mol. The number of nitrogens with zero attached hydrogens (tertiary/aromatic N) is 1. The van der Waals surface area contributed by atoms with Gasteiger partial charge >= 0.3 is 0 Å². The molecule has 0 aromatic heterocycles. The quantitative estimate of drug-likeness (QED) is 0.799. The molecule has 2 rings (SSSR count). The standard InChI is InChI=1S/C16H26N2O2/c1-20-16-7-6-13(10-14(16)11-17)12-18-8-2-4-15(18)5-3-9-19/h6-7,10,15,19H,2-5,8-9,11-12,17H2,1H3. The van der Waals surface area contributed by atoms with Crippen molar-refractivity contribution in [3.05, 3.63) is 29.3 Å². The van der Waals surface area contributed by atoms with Crippen LogP contribution in [0.1, 0.15) is 36.8 Å². The minimum Gasteiger partial charge on any atom is -0.496 e. The van der Waals surface area contributed by atoms with E-state index in [1.807, 2.05) is 6.07 Å². The summed E-state index contributed by atoms with van der Waals surface area (Å²) in [7, 11) is 1.68. The molecule has 0 bridgehead atoms. The minimum absolute atomic E-state index is 0.296. The number of rotatable bonds is 7. The summed E-state index contributed by atoms with van der Waals surface area (Å²) in [4.78, 5) is 2.53. The lowest BCUT2D eigenvalue weighted by Crippen LogP contribution is -2.29. The van der Waals surface area contributed by atoms with E-state index in [0.717, 1.165) is 37.2 Å². The van der Waals surface area contributed by atoms with E-state index < -0.39 is 0 Å². The highest BCUT2D eigenvalue weighted by Crippen LogP contribution is 2.25. The van der Waals surface area contributed by atoms with Gasteiger partial charge in [0.05, 0.1) is 7.11 Å². The van der Waals surface area contributed by atoms with Gasteiger partial charge in [-0.3, -0.25) is 4.90 Å². The van der Waals surface area contributed by atoms with E-state index in [1.54, 1.807) is 7.11 Å². The van der Waals surface area contributed by atoms with Crippen molar-refractivity contribution < 1.29 is 9.84 Å². The molecule has 1 aromatic rings. The number of aliphatic hydroxyl groups is 1. The molecule has 1 unspecified atom stereocenters. The van der Waals surface area contributed by atoms with Crippen LogP contribution in [0.15, 0.2) is 18.2 Å². The maximum absolute atomic E-state index is 8.98. The second-order valence-electron chi connectivity index (χ2n) is 5.48. The molecule has 4 nitrogen and oxygen atoms in total. The van der Waals surface area contributed by atoms with Crippen molar-refractivity contribution in [2.75, 3.05) is 20.3 Å². The Morgan fingerprint density at radius 1 is 1.45 bits per heavy atom. The molecule has 0 spiro atoms. The molecule has 1 aliphatic heterocycles. The van der Waals surface area contributed by atoms with Crippen molar-refractivity contribution in [1.82, 2.24) is 4.90 Å². The lowest BCUT2D eigenvalue weighted by atomic mass is 10.1. The second kappa shape index (κ2) is 7.62. The number of ether oxygens (including phenoxy) is 1. The Morgan fingerprint density at radius 3 is 3.00 bits per heavy atom. The fraction of sp³-hybridized carbons (Fsp3) is 0.625. The number of likely N-dealkylation sites (tertiary alicyclic amines) is 1. The predicted octanol–water partition coefficient (Wildman–Crippen LogP) is 1.89. The lowest BCUT2D eigenvalue weighted by molar-refractivity contribution is 0.210. The summed E-state index contributed by atoms with van der Waals surface area (Å²) in [5, 5.41) is 8.98. The third-order valence-corrected chi connectivity index (χ3v) is 4.14. The third-order valence-electron chi connectivity index (χ3n) is 4.14. The Hall–Kier alpha value is -1.10. The van der Waals surface area contributed by atoms with E-state index in [-0.39, 0.29) is 0 Å². The van der Waals surface area contributed by atoms with Gasteiger partial charge < -0.3 is 15.6 Å². The Balaban J connectivity index is 2.01. The summed E-state index contributed by atoms with van der Waals surface area (Å²) in [6.07, 6.45) is 4.50. The van der Waals surface area contributed by atoms with Crippen LogP contribution >= 0.6 is 0 Å². The summed E-state index contributed by atoms with van der Waals surface area (Å²) in [6.45, 7) is 2.92. The molecule has 1 aliphatic rings. The van der Waals surface area contributed by atoms with Crippen molar-refractivity contribution in [3.8, 4) is 5.75 Å². The van der Waals surface area contributed by atoms with Gasteiger partial charge in [-0.2, -0.15) is 0 Å². The summed E-state index contributed by atoms with van der Waals surface area (Å²) < 4.78 is 5.31. The Kier molecular flexibility index (Phi) is 5.83. The van der Waals surface area contributed by atoms with E-state index in [1.165, 1.54) is 18.4 Å². The van der Waals surface area contributed by atoms with Crippen LogP contribution in [-0.4, -0.2) is 36.3 Å². The molecule has 1 fully saturated rings. The monoisotopic (exact) mass is 278 g/mol. The van der Waals surface area contributed by atoms with Crippen molar-refractivity contribution in [3.63, 3.8) is 0 Å². The number of methoxy groups -OCH3 is 1. The third kappa shape index (κ3) is 3.72. The summed E-state index contributed by atoms with van der Waals surface area (Å²) in [5.74, 6) is 0.870. The van der Waals surface area contributed by atoms with Gasteiger partial charge in [0.15, 0.2) is 0 Å². The van der Waals surface area contributed by atoms with E-state index >= 15 is 0 Å². The maximum atomic E-state index is 8.98.